The lowest BCUT2D eigenvalue weighted by atomic mass is 10.1. The van der Waals surface area contributed by atoms with Gasteiger partial charge in [0.15, 0.2) is 0 Å². The molecule has 0 radical (unpaired) electrons. The summed E-state index contributed by atoms with van der Waals surface area (Å²) in [5.41, 5.74) is 0.658. The Kier molecular flexibility index (Phi) is 5.08. The summed E-state index contributed by atoms with van der Waals surface area (Å²) in [7, 11) is 0. The molecule has 1 fully saturated rings. The quantitative estimate of drug-likeness (QED) is 0.833. The predicted molar refractivity (Wildman–Crippen MR) is 92.7 cm³/mol. The lowest BCUT2D eigenvalue weighted by Crippen LogP contribution is -2.42. The van der Waals surface area contributed by atoms with Crippen LogP contribution in [0.3, 0.4) is 0 Å². The predicted octanol–water partition coefficient (Wildman–Crippen LogP) is 0.645. The van der Waals surface area contributed by atoms with Crippen molar-refractivity contribution in [3.8, 4) is 0 Å². The molecule has 9 nitrogen and oxygen atoms in total. The van der Waals surface area contributed by atoms with Gasteiger partial charge in [-0.2, -0.15) is 0 Å². The topological polar surface area (TPSA) is 117 Å². The maximum absolute atomic E-state index is 12.8. The monoisotopic (exact) mass is 357 g/mol. The van der Waals surface area contributed by atoms with E-state index in [9.17, 15) is 14.4 Å². The van der Waals surface area contributed by atoms with Crippen molar-refractivity contribution in [1.29, 1.82) is 0 Å². The molecule has 1 saturated heterocycles. The zero-order valence-electron chi connectivity index (χ0n) is 14.5. The van der Waals surface area contributed by atoms with Gasteiger partial charge in [-0.3, -0.25) is 14.4 Å². The number of amides is 2. The minimum absolute atomic E-state index is 0.200. The molecule has 3 rings (SSSR count). The number of aromatic amines is 1. The molecule has 0 bridgehead atoms. The molecule has 2 aromatic rings. The third kappa shape index (κ3) is 4.12. The van der Waals surface area contributed by atoms with Crippen LogP contribution >= 0.6 is 0 Å². The van der Waals surface area contributed by atoms with E-state index < -0.39 is 6.10 Å². The zero-order chi connectivity index (χ0) is 18.7. The molecule has 2 aromatic heterocycles. The second kappa shape index (κ2) is 7.44. The summed E-state index contributed by atoms with van der Waals surface area (Å²) in [6.45, 7) is 4.12. The van der Waals surface area contributed by atoms with Crippen LogP contribution < -0.4 is 10.9 Å². The number of carbonyl (C=O) groups is 2. The van der Waals surface area contributed by atoms with E-state index >= 15 is 0 Å². The lowest BCUT2D eigenvalue weighted by Gasteiger charge is -2.32. The van der Waals surface area contributed by atoms with Gasteiger partial charge in [0.05, 0.1) is 18.8 Å². The summed E-state index contributed by atoms with van der Waals surface area (Å²) in [6, 6.07) is 4.50. The highest BCUT2D eigenvalue weighted by Crippen LogP contribution is 2.21. The number of hydrogen-bond donors (Lipinski definition) is 2. The van der Waals surface area contributed by atoms with Crippen LogP contribution in [0.1, 0.15) is 34.9 Å². The summed E-state index contributed by atoms with van der Waals surface area (Å²) in [5, 5.41) is 2.56. The maximum atomic E-state index is 12.8. The first kappa shape index (κ1) is 17.7. The molecular formula is C17H19N5O4. The Bertz CT molecular complexity index is 895. The van der Waals surface area contributed by atoms with E-state index in [1.54, 1.807) is 17.9 Å². The number of aromatic nitrogens is 3. The molecule has 136 valence electrons. The van der Waals surface area contributed by atoms with Gasteiger partial charge in [0.1, 0.15) is 17.7 Å². The number of aryl methyl sites for hydroxylation is 1. The number of ether oxygens (including phenoxy) is 1. The molecule has 26 heavy (non-hydrogen) atoms. The number of morpholine rings is 1. The van der Waals surface area contributed by atoms with Gasteiger partial charge < -0.3 is 19.9 Å². The Labute approximate surface area is 149 Å². The Morgan fingerprint density at radius 1 is 1.38 bits per heavy atom. The first-order valence-corrected chi connectivity index (χ1v) is 8.15. The van der Waals surface area contributed by atoms with Crippen molar-refractivity contribution in [1.82, 2.24) is 19.9 Å². The molecule has 0 aromatic carbocycles. The lowest BCUT2D eigenvalue weighted by molar-refractivity contribution is -0.114. The first-order valence-electron chi connectivity index (χ1n) is 8.15. The third-order valence-electron chi connectivity index (χ3n) is 3.87. The highest BCUT2D eigenvalue weighted by atomic mass is 16.5. The molecule has 1 atom stereocenters. The molecule has 9 heteroatoms. The van der Waals surface area contributed by atoms with Crippen LogP contribution in [0, 0.1) is 6.92 Å². The number of rotatable bonds is 3. The van der Waals surface area contributed by atoms with Crippen LogP contribution in [-0.4, -0.2) is 51.4 Å². The van der Waals surface area contributed by atoms with Crippen molar-refractivity contribution >= 4 is 17.6 Å². The average molecular weight is 357 g/mol. The highest BCUT2D eigenvalue weighted by molar-refractivity contribution is 5.96. The molecule has 1 aliphatic rings. The Hall–Kier alpha value is -3.07. The van der Waals surface area contributed by atoms with E-state index in [-0.39, 0.29) is 23.9 Å². The number of anilines is 1. The summed E-state index contributed by atoms with van der Waals surface area (Å²) in [4.78, 5) is 48.1. The van der Waals surface area contributed by atoms with Crippen molar-refractivity contribution in [2.24, 2.45) is 0 Å². The van der Waals surface area contributed by atoms with Crippen molar-refractivity contribution in [2.45, 2.75) is 20.0 Å². The fraction of sp³-hybridized carbons (Fsp3) is 0.353. The normalized spacial score (nSPS) is 17.0. The third-order valence-corrected chi connectivity index (χ3v) is 3.87. The van der Waals surface area contributed by atoms with E-state index in [4.69, 9.17) is 4.74 Å². The van der Waals surface area contributed by atoms with Crippen LogP contribution in [0.2, 0.25) is 0 Å². The van der Waals surface area contributed by atoms with Gasteiger partial charge in [-0.25, -0.2) is 9.97 Å². The van der Waals surface area contributed by atoms with Gasteiger partial charge >= 0.3 is 0 Å². The van der Waals surface area contributed by atoms with Gasteiger partial charge in [0.25, 0.3) is 11.5 Å². The average Bonchev–Trinajstić information content (AvgIpc) is 2.60. The van der Waals surface area contributed by atoms with Crippen molar-refractivity contribution in [3.05, 3.63) is 51.8 Å². The number of pyridine rings is 1. The number of carbonyl (C=O) groups excluding carboxylic acids is 2. The van der Waals surface area contributed by atoms with E-state index in [1.165, 1.54) is 25.3 Å². The van der Waals surface area contributed by atoms with Crippen molar-refractivity contribution in [2.75, 3.05) is 25.0 Å². The SMILES string of the molecule is CC(=O)Nc1cc(C(=O)N2CCOC(c3cc(=O)[nH]c(C)n3)C2)ccn1. The van der Waals surface area contributed by atoms with Crippen LogP contribution in [-0.2, 0) is 9.53 Å². The Balaban J connectivity index is 1.78. The fourth-order valence-electron chi connectivity index (χ4n) is 2.78. The van der Waals surface area contributed by atoms with E-state index in [0.29, 0.717) is 36.1 Å². The standard InChI is InChI=1S/C17H19N5O4/c1-10-19-13(8-16(24)20-10)14-9-22(5-6-26-14)17(25)12-3-4-18-15(7-12)21-11(2)23/h3-4,7-8,14H,5-6,9H2,1-2H3,(H,18,21,23)(H,19,20,24). The number of nitrogens with one attached hydrogen (secondary N) is 2. The van der Waals surface area contributed by atoms with Gasteiger partial charge in [0.2, 0.25) is 5.91 Å². The van der Waals surface area contributed by atoms with Crippen molar-refractivity contribution in [3.63, 3.8) is 0 Å². The van der Waals surface area contributed by atoms with E-state index in [1.807, 2.05) is 0 Å². The molecule has 0 saturated carbocycles. The summed E-state index contributed by atoms with van der Waals surface area (Å²) in [6.07, 6.45) is 1.00. The van der Waals surface area contributed by atoms with Crippen LogP contribution in [0.4, 0.5) is 5.82 Å². The molecule has 1 unspecified atom stereocenters. The van der Waals surface area contributed by atoms with Gasteiger partial charge in [0, 0.05) is 31.3 Å². The molecule has 3 heterocycles. The molecular weight excluding hydrogens is 338 g/mol. The second-order valence-corrected chi connectivity index (χ2v) is 5.98. The van der Waals surface area contributed by atoms with Gasteiger partial charge in [-0.1, -0.05) is 0 Å². The van der Waals surface area contributed by atoms with E-state index in [0.717, 1.165) is 0 Å². The molecule has 0 spiro atoms. The Morgan fingerprint density at radius 2 is 2.19 bits per heavy atom. The fourth-order valence-corrected chi connectivity index (χ4v) is 2.78. The molecule has 2 N–H and O–H groups in total. The summed E-state index contributed by atoms with van der Waals surface area (Å²) < 4.78 is 5.69. The summed E-state index contributed by atoms with van der Waals surface area (Å²) in [5.74, 6) is 0.354. The van der Waals surface area contributed by atoms with Crippen molar-refractivity contribution < 1.29 is 14.3 Å². The van der Waals surface area contributed by atoms with Crippen LogP contribution in [0.25, 0.3) is 0 Å². The first-order chi connectivity index (χ1) is 12.4. The molecule has 0 aliphatic carbocycles. The molecule has 2 amide bonds. The van der Waals surface area contributed by atoms with Gasteiger partial charge in [-0.15, -0.1) is 0 Å². The zero-order valence-corrected chi connectivity index (χ0v) is 14.5. The number of nitrogens with zero attached hydrogens (tertiary/aromatic N) is 3. The number of H-pyrrole nitrogens is 1. The minimum atomic E-state index is -0.467. The molecule has 1 aliphatic heterocycles. The Morgan fingerprint density at radius 3 is 2.92 bits per heavy atom. The maximum Gasteiger partial charge on any atom is 0.254 e. The largest absolute Gasteiger partial charge is 0.368 e. The van der Waals surface area contributed by atoms with E-state index in [2.05, 4.69) is 20.3 Å². The highest BCUT2D eigenvalue weighted by Gasteiger charge is 2.27. The minimum Gasteiger partial charge on any atom is -0.368 e. The van der Waals surface area contributed by atoms with Gasteiger partial charge in [-0.05, 0) is 19.1 Å². The van der Waals surface area contributed by atoms with Crippen LogP contribution in [0.15, 0.2) is 29.2 Å². The second-order valence-electron chi connectivity index (χ2n) is 5.98. The number of hydrogen-bond acceptors (Lipinski definition) is 6. The summed E-state index contributed by atoms with van der Waals surface area (Å²) >= 11 is 0. The van der Waals surface area contributed by atoms with Crippen LogP contribution in [0.5, 0.6) is 0 Å². The smallest absolute Gasteiger partial charge is 0.254 e.